The Bertz CT molecular complexity index is 651. The number of hydrogen-bond acceptors (Lipinski definition) is 6. The number of rotatable bonds is 5. The van der Waals surface area contributed by atoms with Crippen LogP contribution in [0.3, 0.4) is 0 Å². The topological polar surface area (TPSA) is 95.1 Å². The van der Waals surface area contributed by atoms with Gasteiger partial charge in [-0.3, -0.25) is 4.68 Å². The lowest BCUT2D eigenvalue weighted by Crippen LogP contribution is -2.10. The summed E-state index contributed by atoms with van der Waals surface area (Å²) in [7, 11) is 1.89. The smallest absolute Gasteiger partial charge is 0.340 e. The van der Waals surface area contributed by atoms with E-state index < -0.39 is 5.97 Å². The zero-order valence-electron chi connectivity index (χ0n) is 12.4. The Kier molecular flexibility index (Phi) is 4.42. The number of carbonyl (C=O) groups excluding carboxylic acids is 1. The molecule has 21 heavy (non-hydrogen) atoms. The largest absolute Gasteiger partial charge is 0.462 e. The SMILES string of the molecule is CCOC(=O)c1cc(NCc2cnn(C)c2C)ncc1N. The molecule has 112 valence electrons. The van der Waals surface area contributed by atoms with Crippen LogP contribution in [0.1, 0.15) is 28.5 Å². The van der Waals surface area contributed by atoms with Gasteiger partial charge in [-0.2, -0.15) is 5.10 Å². The van der Waals surface area contributed by atoms with Crippen molar-refractivity contribution in [3.8, 4) is 0 Å². The number of nitrogens with zero attached hydrogens (tertiary/aromatic N) is 3. The van der Waals surface area contributed by atoms with Crippen LogP contribution in [0.5, 0.6) is 0 Å². The van der Waals surface area contributed by atoms with Crippen molar-refractivity contribution in [2.24, 2.45) is 7.05 Å². The van der Waals surface area contributed by atoms with E-state index in [9.17, 15) is 4.79 Å². The predicted octanol–water partition coefficient (Wildman–Crippen LogP) is 1.49. The molecule has 0 saturated heterocycles. The number of carbonyl (C=O) groups is 1. The first-order chi connectivity index (χ1) is 10.0. The number of nitrogens with two attached hydrogens (primary N) is 1. The summed E-state index contributed by atoms with van der Waals surface area (Å²) in [5, 5.41) is 7.33. The number of nitrogens with one attached hydrogen (secondary N) is 1. The molecular weight excluding hydrogens is 270 g/mol. The lowest BCUT2D eigenvalue weighted by molar-refractivity contribution is 0.0527. The van der Waals surface area contributed by atoms with E-state index in [1.165, 1.54) is 6.20 Å². The summed E-state index contributed by atoms with van der Waals surface area (Å²) in [4.78, 5) is 15.9. The summed E-state index contributed by atoms with van der Waals surface area (Å²) in [6.45, 7) is 4.61. The van der Waals surface area contributed by atoms with Crippen LogP contribution >= 0.6 is 0 Å². The average Bonchev–Trinajstić information content (AvgIpc) is 2.78. The highest BCUT2D eigenvalue weighted by molar-refractivity contribution is 5.95. The molecule has 0 atom stereocenters. The minimum Gasteiger partial charge on any atom is -0.462 e. The Morgan fingerprint density at radius 3 is 2.86 bits per heavy atom. The number of aromatic nitrogens is 3. The van der Waals surface area contributed by atoms with Crippen LogP contribution in [0.25, 0.3) is 0 Å². The van der Waals surface area contributed by atoms with Crippen molar-refractivity contribution in [1.29, 1.82) is 0 Å². The molecule has 0 aliphatic heterocycles. The Balaban J connectivity index is 2.12. The molecule has 7 nitrogen and oxygen atoms in total. The molecule has 0 radical (unpaired) electrons. The van der Waals surface area contributed by atoms with Crippen molar-refractivity contribution in [1.82, 2.24) is 14.8 Å². The predicted molar refractivity (Wildman–Crippen MR) is 79.9 cm³/mol. The molecule has 3 N–H and O–H groups in total. The molecule has 7 heteroatoms. The van der Waals surface area contributed by atoms with Crippen molar-refractivity contribution in [3.63, 3.8) is 0 Å². The molecule has 0 amide bonds. The van der Waals surface area contributed by atoms with Gasteiger partial charge in [-0.25, -0.2) is 9.78 Å². The van der Waals surface area contributed by atoms with Crippen LogP contribution < -0.4 is 11.1 Å². The molecule has 0 spiro atoms. The quantitative estimate of drug-likeness (QED) is 0.810. The van der Waals surface area contributed by atoms with Crippen molar-refractivity contribution < 1.29 is 9.53 Å². The van der Waals surface area contributed by atoms with Crippen LogP contribution in [-0.4, -0.2) is 27.3 Å². The highest BCUT2D eigenvalue weighted by Gasteiger charge is 2.12. The van der Waals surface area contributed by atoms with Crippen LogP contribution in [-0.2, 0) is 18.3 Å². The fraction of sp³-hybridized carbons (Fsp3) is 0.357. The third-order valence-corrected chi connectivity index (χ3v) is 3.23. The van der Waals surface area contributed by atoms with Gasteiger partial charge in [-0.1, -0.05) is 0 Å². The highest BCUT2D eigenvalue weighted by Crippen LogP contribution is 2.17. The molecule has 2 heterocycles. The third kappa shape index (κ3) is 3.31. The van der Waals surface area contributed by atoms with Crippen molar-refractivity contribution in [2.75, 3.05) is 17.7 Å². The van der Waals surface area contributed by atoms with Gasteiger partial charge in [0.15, 0.2) is 0 Å². The van der Waals surface area contributed by atoms with Crippen LogP contribution in [0.2, 0.25) is 0 Å². The van der Waals surface area contributed by atoms with Gasteiger partial charge in [0.05, 0.1) is 30.3 Å². The van der Waals surface area contributed by atoms with E-state index in [1.807, 2.05) is 14.0 Å². The van der Waals surface area contributed by atoms with E-state index in [2.05, 4.69) is 15.4 Å². The maximum absolute atomic E-state index is 11.8. The molecule has 0 aliphatic carbocycles. The van der Waals surface area contributed by atoms with Gasteiger partial charge in [0, 0.05) is 24.8 Å². The monoisotopic (exact) mass is 289 g/mol. The van der Waals surface area contributed by atoms with E-state index in [-0.39, 0.29) is 0 Å². The average molecular weight is 289 g/mol. The molecule has 0 bridgehead atoms. The molecule has 2 rings (SSSR count). The number of pyridine rings is 1. The number of aryl methyl sites for hydroxylation is 1. The third-order valence-electron chi connectivity index (χ3n) is 3.23. The van der Waals surface area contributed by atoms with Gasteiger partial charge < -0.3 is 15.8 Å². The summed E-state index contributed by atoms with van der Waals surface area (Å²) in [5.41, 5.74) is 8.51. The second-order valence-corrected chi connectivity index (χ2v) is 4.61. The van der Waals surface area contributed by atoms with Gasteiger partial charge in [-0.05, 0) is 19.9 Å². The fourth-order valence-electron chi connectivity index (χ4n) is 1.85. The van der Waals surface area contributed by atoms with Crippen LogP contribution in [0.15, 0.2) is 18.5 Å². The highest BCUT2D eigenvalue weighted by atomic mass is 16.5. The van der Waals surface area contributed by atoms with Gasteiger partial charge >= 0.3 is 5.97 Å². The minimum atomic E-state index is -0.446. The van der Waals surface area contributed by atoms with Crippen molar-refractivity contribution >= 4 is 17.5 Å². The summed E-state index contributed by atoms with van der Waals surface area (Å²) in [6.07, 6.45) is 3.25. The summed E-state index contributed by atoms with van der Waals surface area (Å²) >= 11 is 0. The first-order valence-corrected chi connectivity index (χ1v) is 6.67. The van der Waals surface area contributed by atoms with Gasteiger partial charge in [-0.15, -0.1) is 0 Å². The molecule has 0 aromatic carbocycles. The van der Waals surface area contributed by atoms with E-state index in [0.717, 1.165) is 11.3 Å². The second kappa shape index (κ2) is 6.25. The molecule has 2 aromatic heterocycles. The zero-order valence-corrected chi connectivity index (χ0v) is 12.4. The Morgan fingerprint density at radius 2 is 2.24 bits per heavy atom. The first kappa shape index (κ1) is 14.8. The van der Waals surface area contributed by atoms with Crippen molar-refractivity contribution in [3.05, 3.63) is 35.3 Å². The van der Waals surface area contributed by atoms with E-state index in [1.54, 1.807) is 23.9 Å². The normalized spacial score (nSPS) is 10.4. The van der Waals surface area contributed by atoms with Gasteiger partial charge in [0.1, 0.15) is 5.82 Å². The van der Waals surface area contributed by atoms with Gasteiger partial charge in [0.25, 0.3) is 0 Å². The summed E-state index contributed by atoms with van der Waals surface area (Å²) in [5.74, 6) is 0.119. The lowest BCUT2D eigenvalue weighted by Gasteiger charge is -2.09. The second-order valence-electron chi connectivity index (χ2n) is 4.61. The fourth-order valence-corrected chi connectivity index (χ4v) is 1.85. The molecule has 0 aliphatic rings. The summed E-state index contributed by atoms with van der Waals surface area (Å²) in [6, 6.07) is 1.60. The Labute approximate surface area is 123 Å². The first-order valence-electron chi connectivity index (χ1n) is 6.67. The van der Waals surface area contributed by atoms with Crippen LogP contribution in [0.4, 0.5) is 11.5 Å². The number of hydrogen-bond donors (Lipinski definition) is 2. The molecular formula is C14H19N5O2. The zero-order chi connectivity index (χ0) is 15.4. The molecule has 2 aromatic rings. The van der Waals surface area contributed by atoms with E-state index in [0.29, 0.717) is 30.2 Å². The number of ether oxygens (including phenoxy) is 1. The van der Waals surface area contributed by atoms with E-state index >= 15 is 0 Å². The Hall–Kier alpha value is -2.57. The van der Waals surface area contributed by atoms with Crippen LogP contribution in [0, 0.1) is 6.92 Å². The van der Waals surface area contributed by atoms with Gasteiger partial charge in [0.2, 0.25) is 0 Å². The molecule has 0 fully saturated rings. The minimum absolute atomic E-state index is 0.302. The molecule has 0 saturated carbocycles. The maximum Gasteiger partial charge on any atom is 0.340 e. The number of esters is 1. The standard InChI is InChI=1S/C14H19N5O2/c1-4-21-14(20)11-5-13(17-8-12(11)15)16-6-10-7-18-19(3)9(10)2/h5,7-8H,4,6,15H2,1-3H3,(H,16,17). The maximum atomic E-state index is 11.8. The lowest BCUT2D eigenvalue weighted by atomic mass is 10.2. The molecule has 0 unspecified atom stereocenters. The number of nitrogen functional groups attached to an aromatic ring is 1. The Morgan fingerprint density at radius 1 is 1.48 bits per heavy atom. The van der Waals surface area contributed by atoms with Crippen molar-refractivity contribution in [2.45, 2.75) is 20.4 Å². The summed E-state index contributed by atoms with van der Waals surface area (Å²) < 4.78 is 6.76. The number of anilines is 2. The van der Waals surface area contributed by atoms with E-state index in [4.69, 9.17) is 10.5 Å².